The lowest BCUT2D eigenvalue weighted by molar-refractivity contribution is 0.113. The van der Waals surface area contributed by atoms with E-state index in [1.165, 1.54) is 0 Å². The molecule has 0 aliphatic rings. The van der Waals surface area contributed by atoms with Crippen molar-refractivity contribution in [1.82, 2.24) is 0 Å². The van der Waals surface area contributed by atoms with Crippen molar-refractivity contribution in [3.63, 3.8) is 0 Å². The van der Waals surface area contributed by atoms with Gasteiger partial charge in [-0.2, -0.15) is 0 Å². The second-order valence-electron chi connectivity index (χ2n) is 1.85. The molecule has 0 saturated heterocycles. The largest absolute Gasteiger partial charge is 0.204 e. The Balaban J connectivity index is 2.79. The maximum atomic E-state index is 10.0. The van der Waals surface area contributed by atoms with Gasteiger partial charge in [-0.05, 0) is 17.3 Å². The summed E-state index contributed by atoms with van der Waals surface area (Å²) in [5.41, 5.74) is 0.340. The molecule has 0 atom stereocenters. The van der Waals surface area contributed by atoms with Crippen LogP contribution in [0.15, 0.2) is 41.0 Å². The number of anilines is 1. The van der Waals surface area contributed by atoms with Crippen molar-refractivity contribution in [3.05, 3.63) is 40.1 Å². The second-order valence-corrected chi connectivity index (χ2v) is 1.85. The third kappa shape index (κ3) is 1.75. The highest BCUT2D eigenvalue weighted by Crippen LogP contribution is 2.13. The first-order valence-corrected chi connectivity index (χ1v) is 3.06. The number of hydrogen-bond donors (Lipinski definition) is 0. The zero-order chi connectivity index (χ0) is 8.81. The first-order chi connectivity index (χ1) is 5.88. The molecule has 0 radical (unpaired) electrons. The average Bonchev–Trinajstić information content (AvgIpc) is 2.15. The first kappa shape index (κ1) is 8.12. The van der Waals surface area contributed by atoms with E-state index in [-0.39, 0.29) is 0 Å². The van der Waals surface area contributed by atoms with Gasteiger partial charge in [-0.15, -0.1) is 9.81 Å². The Labute approximate surface area is 67.6 Å². The molecule has 6 heteroatoms. The molecule has 1 aromatic carbocycles. The van der Waals surface area contributed by atoms with Gasteiger partial charge in [0.15, 0.2) is 5.34 Å². The zero-order valence-electron chi connectivity index (χ0n) is 5.95. The van der Waals surface area contributed by atoms with E-state index in [1.54, 1.807) is 30.3 Å². The van der Waals surface area contributed by atoms with E-state index in [9.17, 15) is 9.81 Å². The lowest BCUT2D eigenvalue weighted by Crippen LogP contribution is -2.11. The van der Waals surface area contributed by atoms with Crippen LogP contribution in [-0.2, 0) is 4.94 Å². The Morgan fingerprint density at radius 2 is 1.83 bits per heavy atom. The van der Waals surface area contributed by atoms with Gasteiger partial charge in [0.25, 0.3) is 0 Å². The second kappa shape index (κ2) is 4.02. The molecule has 62 valence electrons. The van der Waals surface area contributed by atoms with Crippen molar-refractivity contribution >= 4 is 5.69 Å². The molecule has 0 amide bonds. The zero-order valence-corrected chi connectivity index (χ0v) is 5.95. The van der Waals surface area contributed by atoms with Crippen molar-refractivity contribution in [2.24, 2.45) is 10.6 Å². The van der Waals surface area contributed by atoms with Gasteiger partial charge in [-0.3, -0.25) is 0 Å². The van der Waals surface area contributed by atoms with Gasteiger partial charge in [0.1, 0.15) is 5.69 Å². The number of nitrogens with zero attached hydrogens (tertiary/aromatic N) is 3. The SMILES string of the molecule is O=NON(N=O)c1ccccc1. The third-order valence-electron chi connectivity index (χ3n) is 1.16. The van der Waals surface area contributed by atoms with Gasteiger partial charge in [0, 0.05) is 0 Å². The van der Waals surface area contributed by atoms with Gasteiger partial charge in [0.05, 0.1) is 5.29 Å². The van der Waals surface area contributed by atoms with Gasteiger partial charge >= 0.3 is 0 Å². The lowest BCUT2D eigenvalue weighted by Gasteiger charge is -2.06. The van der Waals surface area contributed by atoms with Crippen molar-refractivity contribution in [2.45, 2.75) is 0 Å². The van der Waals surface area contributed by atoms with Crippen molar-refractivity contribution in [1.29, 1.82) is 0 Å². The summed E-state index contributed by atoms with van der Waals surface area (Å²) in [4.78, 5) is 23.7. The van der Waals surface area contributed by atoms with E-state index in [1.807, 2.05) is 0 Å². The first-order valence-electron chi connectivity index (χ1n) is 3.06. The minimum absolute atomic E-state index is 0.340. The fourth-order valence-corrected chi connectivity index (χ4v) is 0.696. The fraction of sp³-hybridized carbons (Fsp3) is 0. The standard InChI is InChI=1S/C6H5N3O3/c10-7-9(12-8-11)6-4-2-1-3-5-6/h1-5H. The molecule has 1 rings (SSSR count). The number of nitroso groups, excluding NO2 is 1. The summed E-state index contributed by atoms with van der Waals surface area (Å²) in [6.45, 7) is 0. The highest BCUT2D eigenvalue weighted by Gasteiger charge is 2.06. The van der Waals surface area contributed by atoms with Crippen molar-refractivity contribution in [2.75, 3.05) is 5.17 Å². The molecule has 0 aliphatic heterocycles. The fourth-order valence-electron chi connectivity index (χ4n) is 0.696. The predicted octanol–water partition coefficient (Wildman–Crippen LogP) is 1.79. The maximum absolute atomic E-state index is 10.0. The van der Waals surface area contributed by atoms with E-state index in [0.29, 0.717) is 10.9 Å². The van der Waals surface area contributed by atoms with Crippen LogP contribution in [-0.4, -0.2) is 0 Å². The van der Waals surface area contributed by atoms with E-state index in [2.05, 4.69) is 15.6 Å². The molecule has 0 unspecified atom stereocenters. The quantitative estimate of drug-likeness (QED) is 0.506. The van der Waals surface area contributed by atoms with Gasteiger partial charge in [-0.1, -0.05) is 18.2 Å². The Kier molecular flexibility index (Phi) is 2.72. The molecule has 0 bridgehead atoms. The molecule has 12 heavy (non-hydrogen) atoms. The van der Waals surface area contributed by atoms with Crippen LogP contribution in [0.1, 0.15) is 0 Å². The summed E-state index contributed by atoms with van der Waals surface area (Å²) in [7, 11) is 0. The summed E-state index contributed by atoms with van der Waals surface area (Å²) < 4.78 is 0. The number of hydrogen-bond acceptors (Lipinski definition) is 5. The van der Waals surface area contributed by atoms with E-state index < -0.39 is 0 Å². The average molecular weight is 167 g/mol. The lowest BCUT2D eigenvalue weighted by atomic mass is 10.3. The molecule has 1 aromatic rings. The van der Waals surface area contributed by atoms with Gasteiger partial charge < -0.3 is 0 Å². The van der Waals surface area contributed by atoms with Crippen molar-refractivity contribution < 1.29 is 4.94 Å². The van der Waals surface area contributed by atoms with Gasteiger partial charge in [0.2, 0.25) is 0 Å². The monoisotopic (exact) mass is 167 g/mol. The van der Waals surface area contributed by atoms with E-state index >= 15 is 0 Å². The summed E-state index contributed by atoms with van der Waals surface area (Å²) in [5, 5.41) is 4.96. The van der Waals surface area contributed by atoms with E-state index in [4.69, 9.17) is 0 Å². The normalized spacial score (nSPS) is 8.67. The smallest absolute Gasteiger partial charge is 0.184 e. The van der Waals surface area contributed by atoms with Crippen LogP contribution in [0.5, 0.6) is 0 Å². The van der Waals surface area contributed by atoms with Crippen LogP contribution in [0.3, 0.4) is 0 Å². The molecule has 0 aliphatic carbocycles. The molecule has 0 saturated carbocycles. The van der Waals surface area contributed by atoms with Crippen LogP contribution in [0, 0.1) is 9.81 Å². The Bertz CT molecular complexity index is 264. The minimum atomic E-state index is 0.340. The summed E-state index contributed by atoms with van der Waals surface area (Å²) >= 11 is 0. The highest BCUT2D eigenvalue weighted by molar-refractivity contribution is 5.42. The molecule has 0 heterocycles. The summed E-state index contributed by atoms with van der Waals surface area (Å²) in [6.07, 6.45) is 0. The molecule has 0 fully saturated rings. The molecule has 0 spiro atoms. The summed E-state index contributed by atoms with van der Waals surface area (Å²) in [6, 6.07) is 8.18. The topological polar surface area (TPSA) is 71.3 Å². The van der Waals surface area contributed by atoms with Crippen molar-refractivity contribution in [3.8, 4) is 0 Å². The third-order valence-corrected chi connectivity index (χ3v) is 1.16. The minimum Gasteiger partial charge on any atom is -0.204 e. The molecule has 6 nitrogen and oxygen atoms in total. The van der Waals surface area contributed by atoms with Crippen LogP contribution in [0.4, 0.5) is 5.69 Å². The summed E-state index contributed by atoms with van der Waals surface area (Å²) in [5.74, 6) is 0. The molecular formula is C6H5N3O3. The Morgan fingerprint density at radius 1 is 1.17 bits per heavy atom. The Hall–Kier alpha value is -1.98. The van der Waals surface area contributed by atoms with E-state index in [0.717, 1.165) is 0 Å². The maximum Gasteiger partial charge on any atom is 0.184 e. The van der Waals surface area contributed by atoms with Crippen LogP contribution < -0.4 is 5.17 Å². The van der Waals surface area contributed by atoms with Crippen LogP contribution >= 0.6 is 0 Å². The van der Waals surface area contributed by atoms with Crippen LogP contribution in [0.2, 0.25) is 0 Å². The highest BCUT2D eigenvalue weighted by atomic mass is 16.9. The number of para-hydroxylation sites is 1. The number of rotatable bonds is 4. The number of benzene rings is 1. The van der Waals surface area contributed by atoms with Gasteiger partial charge in [-0.25, -0.2) is 4.94 Å². The Morgan fingerprint density at radius 3 is 2.33 bits per heavy atom. The molecule has 0 N–H and O–H groups in total. The molecular weight excluding hydrogens is 162 g/mol. The molecule has 0 aromatic heterocycles. The predicted molar refractivity (Wildman–Crippen MR) is 41.6 cm³/mol. The van der Waals surface area contributed by atoms with Crippen LogP contribution in [0.25, 0.3) is 0 Å².